The lowest BCUT2D eigenvalue weighted by atomic mass is 10.0. The maximum Gasteiger partial charge on any atom is 0.0802 e. The van der Waals surface area contributed by atoms with E-state index in [0.29, 0.717) is 0 Å². The van der Waals surface area contributed by atoms with Crippen LogP contribution in [0, 0.1) is 0 Å². The van der Waals surface area contributed by atoms with E-state index < -0.39 is 0 Å². The fraction of sp³-hybridized carbons (Fsp3) is 0. The van der Waals surface area contributed by atoms with E-state index in [1.165, 1.54) is 49.2 Å². The molecular weight excluding hydrogens is 512 g/mol. The second kappa shape index (κ2) is 8.88. The largest absolute Gasteiger partial charge is 0.309 e. The van der Waals surface area contributed by atoms with Crippen LogP contribution in [0.4, 0.5) is 0 Å². The SMILES string of the molecule is c1ccc(-n2c3cc(-c4ccc5c(c4)c4ccccc4n5-c4ccncc4)ccc3c3c4ncccc4ccc32)cc1. The summed E-state index contributed by atoms with van der Waals surface area (Å²) in [7, 11) is 0. The van der Waals surface area contributed by atoms with Crippen molar-refractivity contribution in [1.29, 1.82) is 0 Å². The van der Waals surface area contributed by atoms with Gasteiger partial charge in [0.05, 0.1) is 27.6 Å². The second-order valence-corrected chi connectivity index (χ2v) is 10.7. The number of fused-ring (bicyclic) bond motifs is 8. The first-order chi connectivity index (χ1) is 20.8. The van der Waals surface area contributed by atoms with Crippen molar-refractivity contribution in [2.24, 2.45) is 0 Å². The molecule has 9 rings (SSSR count). The molecule has 196 valence electrons. The zero-order valence-corrected chi connectivity index (χ0v) is 22.6. The normalized spacial score (nSPS) is 11.8. The first kappa shape index (κ1) is 23.0. The molecule has 42 heavy (non-hydrogen) atoms. The number of hydrogen-bond donors (Lipinski definition) is 0. The molecule has 5 aromatic carbocycles. The van der Waals surface area contributed by atoms with Gasteiger partial charge in [0.25, 0.3) is 0 Å². The van der Waals surface area contributed by atoms with Crippen molar-refractivity contribution in [2.45, 2.75) is 0 Å². The summed E-state index contributed by atoms with van der Waals surface area (Å²) >= 11 is 0. The van der Waals surface area contributed by atoms with Gasteiger partial charge in [0.15, 0.2) is 0 Å². The zero-order valence-electron chi connectivity index (χ0n) is 22.6. The molecule has 9 aromatic rings. The first-order valence-corrected chi connectivity index (χ1v) is 14.2. The van der Waals surface area contributed by atoms with E-state index in [9.17, 15) is 0 Å². The Kier molecular flexibility index (Phi) is 4.87. The molecule has 0 bridgehead atoms. The third-order valence-electron chi connectivity index (χ3n) is 8.44. The van der Waals surface area contributed by atoms with Crippen LogP contribution in [-0.4, -0.2) is 19.1 Å². The maximum absolute atomic E-state index is 4.82. The highest BCUT2D eigenvalue weighted by Gasteiger charge is 2.17. The fourth-order valence-corrected chi connectivity index (χ4v) is 6.60. The van der Waals surface area contributed by atoms with Crippen LogP contribution in [-0.2, 0) is 0 Å². The van der Waals surface area contributed by atoms with E-state index in [0.717, 1.165) is 27.8 Å². The minimum absolute atomic E-state index is 1.03. The molecule has 4 nitrogen and oxygen atoms in total. The van der Waals surface area contributed by atoms with E-state index in [1.54, 1.807) is 0 Å². The molecular formula is C38H24N4. The number of aromatic nitrogens is 4. The van der Waals surface area contributed by atoms with Gasteiger partial charge in [0.1, 0.15) is 0 Å². The Balaban J connectivity index is 1.32. The van der Waals surface area contributed by atoms with E-state index in [1.807, 2.05) is 24.7 Å². The molecule has 0 fully saturated rings. The van der Waals surface area contributed by atoms with Crippen molar-refractivity contribution < 1.29 is 0 Å². The zero-order chi connectivity index (χ0) is 27.6. The molecule has 0 radical (unpaired) electrons. The quantitative estimate of drug-likeness (QED) is 0.225. The van der Waals surface area contributed by atoms with Gasteiger partial charge < -0.3 is 9.13 Å². The second-order valence-electron chi connectivity index (χ2n) is 10.7. The number of rotatable bonds is 3. The summed E-state index contributed by atoms with van der Waals surface area (Å²) in [4.78, 5) is 9.05. The minimum Gasteiger partial charge on any atom is -0.309 e. The van der Waals surface area contributed by atoms with Gasteiger partial charge in [-0.05, 0) is 71.8 Å². The summed E-state index contributed by atoms with van der Waals surface area (Å²) in [6, 6.07) is 45.6. The van der Waals surface area contributed by atoms with Crippen molar-refractivity contribution in [3.05, 3.63) is 146 Å². The van der Waals surface area contributed by atoms with E-state index in [2.05, 4.69) is 135 Å². The average Bonchev–Trinajstić information content (AvgIpc) is 3.58. The number of hydrogen-bond acceptors (Lipinski definition) is 2. The summed E-state index contributed by atoms with van der Waals surface area (Å²) in [5, 5.41) is 6.02. The van der Waals surface area contributed by atoms with E-state index in [4.69, 9.17) is 4.98 Å². The van der Waals surface area contributed by atoms with Gasteiger partial charge >= 0.3 is 0 Å². The van der Waals surface area contributed by atoms with Gasteiger partial charge in [-0.1, -0.05) is 66.7 Å². The van der Waals surface area contributed by atoms with Crippen molar-refractivity contribution in [1.82, 2.24) is 19.1 Å². The monoisotopic (exact) mass is 536 g/mol. The van der Waals surface area contributed by atoms with Gasteiger partial charge in [-0.3, -0.25) is 9.97 Å². The molecule has 0 aliphatic rings. The highest BCUT2D eigenvalue weighted by molar-refractivity contribution is 6.20. The predicted octanol–water partition coefficient (Wildman–Crippen LogP) is 9.49. The highest BCUT2D eigenvalue weighted by atomic mass is 15.0. The molecule has 0 N–H and O–H groups in total. The standard InChI is InChI=1S/C38H24N4/c1-2-8-28(9-3-1)42-35-17-13-25-7-6-20-40-38(25)37(35)31-15-12-27(24-36(31)42)26-14-16-34-32(23-26)30-10-4-5-11-33(30)41(34)29-18-21-39-22-19-29/h1-24H. The van der Waals surface area contributed by atoms with Crippen LogP contribution >= 0.6 is 0 Å². The van der Waals surface area contributed by atoms with Crippen molar-refractivity contribution >= 4 is 54.5 Å². The Morgan fingerprint density at radius 3 is 2.05 bits per heavy atom. The van der Waals surface area contributed by atoms with Crippen LogP contribution in [0.5, 0.6) is 0 Å². The van der Waals surface area contributed by atoms with Gasteiger partial charge in [-0.15, -0.1) is 0 Å². The molecule has 0 spiro atoms. The summed E-state index contributed by atoms with van der Waals surface area (Å²) in [5.74, 6) is 0. The molecule has 0 aliphatic carbocycles. The number of para-hydroxylation sites is 2. The molecule has 0 saturated heterocycles. The van der Waals surface area contributed by atoms with Crippen molar-refractivity contribution in [3.8, 4) is 22.5 Å². The van der Waals surface area contributed by atoms with Gasteiger partial charge in [-0.2, -0.15) is 0 Å². The molecule has 4 aromatic heterocycles. The van der Waals surface area contributed by atoms with Crippen molar-refractivity contribution in [3.63, 3.8) is 0 Å². The maximum atomic E-state index is 4.82. The lowest BCUT2D eigenvalue weighted by Gasteiger charge is -2.10. The lowest BCUT2D eigenvalue weighted by Crippen LogP contribution is -1.94. The highest BCUT2D eigenvalue weighted by Crippen LogP contribution is 2.39. The first-order valence-electron chi connectivity index (χ1n) is 14.2. The van der Waals surface area contributed by atoms with E-state index >= 15 is 0 Å². The molecule has 0 saturated carbocycles. The Bertz CT molecular complexity index is 2450. The average molecular weight is 537 g/mol. The van der Waals surface area contributed by atoms with E-state index in [-0.39, 0.29) is 0 Å². The smallest absolute Gasteiger partial charge is 0.0802 e. The van der Waals surface area contributed by atoms with Gasteiger partial charge in [0.2, 0.25) is 0 Å². The summed E-state index contributed by atoms with van der Waals surface area (Å²) < 4.78 is 4.70. The lowest BCUT2D eigenvalue weighted by molar-refractivity contribution is 1.16. The van der Waals surface area contributed by atoms with Crippen LogP contribution in [0.2, 0.25) is 0 Å². The topological polar surface area (TPSA) is 35.6 Å². The molecule has 4 heteroatoms. The molecule has 4 heterocycles. The Labute approximate surface area is 241 Å². The summed E-state index contributed by atoms with van der Waals surface area (Å²) in [5.41, 5.74) is 10.4. The third-order valence-corrected chi connectivity index (χ3v) is 8.44. The number of benzene rings is 5. The van der Waals surface area contributed by atoms with Gasteiger partial charge in [0, 0.05) is 56.9 Å². The van der Waals surface area contributed by atoms with Crippen molar-refractivity contribution in [2.75, 3.05) is 0 Å². The van der Waals surface area contributed by atoms with Crippen LogP contribution in [0.1, 0.15) is 0 Å². The van der Waals surface area contributed by atoms with Gasteiger partial charge in [-0.25, -0.2) is 0 Å². The Morgan fingerprint density at radius 1 is 0.429 bits per heavy atom. The number of pyridine rings is 2. The Hall–Kier alpha value is -5.74. The molecule has 0 amide bonds. The number of nitrogens with zero attached hydrogens (tertiary/aromatic N) is 4. The predicted molar refractivity (Wildman–Crippen MR) is 174 cm³/mol. The fourth-order valence-electron chi connectivity index (χ4n) is 6.60. The Morgan fingerprint density at radius 2 is 1.14 bits per heavy atom. The minimum atomic E-state index is 1.03. The molecule has 0 atom stereocenters. The molecule has 0 aliphatic heterocycles. The van der Waals surface area contributed by atoms with Crippen LogP contribution < -0.4 is 0 Å². The third kappa shape index (κ3) is 3.29. The van der Waals surface area contributed by atoms with Crippen LogP contribution in [0.3, 0.4) is 0 Å². The molecule has 0 unspecified atom stereocenters. The summed E-state index contributed by atoms with van der Waals surface area (Å²) in [6.45, 7) is 0. The van der Waals surface area contributed by atoms with Crippen LogP contribution in [0.25, 0.3) is 77.0 Å². The van der Waals surface area contributed by atoms with Crippen LogP contribution in [0.15, 0.2) is 146 Å². The summed E-state index contributed by atoms with van der Waals surface area (Å²) in [6.07, 6.45) is 5.59.